The maximum Gasteiger partial charge on any atom is 0.151 e. The molecule has 0 atom stereocenters. The SMILES string of the molecule is CSc1cccc(-c2cncc(C=O)c2)c1. The molecule has 1 aromatic carbocycles. The van der Waals surface area contributed by atoms with E-state index in [4.69, 9.17) is 0 Å². The Morgan fingerprint density at radius 2 is 2.06 bits per heavy atom. The van der Waals surface area contributed by atoms with Crippen molar-refractivity contribution < 1.29 is 4.79 Å². The van der Waals surface area contributed by atoms with Crippen molar-refractivity contribution in [1.29, 1.82) is 0 Å². The first-order chi connectivity index (χ1) is 7.83. The average molecular weight is 229 g/mol. The third kappa shape index (κ3) is 2.31. The number of hydrogen-bond donors (Lipinski definition) is 0. The van der Waals surface area contributed by atoms with Crippen LogP contribution in [0.1, 0.15) is 10.4 Å². The molecule has 0 saturated heterocycles. The Kier molecular flexibility index (Phi) is 3.37. The summed E-state index contributed by atoms with van der Waals surface area (Å²) in [6.07, 6.45) is 6.19. The molecule has 1 aromatic heterocycles. The normalized spacial score (nSPS) is 10.1. The minimum Gasteiger partial charge on any atom is -0.298 e. The highest BCUT2D eigenvalue weighted by Gasteiger charge is 2.00. The quantitative estimate of drug-likeness (QED) is 0.597. The molecule has 0 fully saturated rings. The van der Waals surface area contributed by atoms with E-state index in [1.807, 2.05) is 24.5 Å². The van der Waals surface area contributed by atoms with E-state index in [9.17, 15) is 4.79 Å². The van der Waals surface area contributed by atoms with Crippen LogP contribution in [0.2, 0.25) is 0 Å². The van der Waals surface area contributed by atoms with Crippen LogP contribution >= 0.6 is 11.8 Å². The van der Waals surface area contributed by atoms with Crippen molar-refractivity contribution in [3.8, 4) is 11.1 Å². The second-order valence-corrected chi connectivity index (χ2v) is 4.24. The maximum absolute atomic E-state index is 10.7. The predicted octanol–water partition coefficient (Wildman–Crippen LogP) is 3.28. The second kappa shape index (κ2) is 4.94. The minimum atomic E-state index is 0.604. The van der Waals surface area contributed by atoms with Crippen molar-refractivity contribution in [2.45, 2.75) is 4.90 Å². The summed E-state index contributed by atoms with van der Waals surface area (Å²) in [4.78, 5) is 15.9. The Bertz CT molecular complexity index is 511. The largest absolute Gasteiger partial charge is 0.298 e. The third-order valence-corrected chi connectivity index (χ3v) is 3.02. The number of carbonyl (C=O) groups is 1. The highest BCUT2D eigenvalue weighted by Crippen LogP contribution is 2.24. The Morgan fingerprint density at radius 3 is 2.81 bits per heavy atom. The van der Waals surface area contributed by atoms with Gasteiger partial charge in [-0.05, 0) is 30.0 Å². The molecule has 0 aliphatic heterocycles. The lowest BCUT2D eigenvalue weighted by molar-refractivity contribution is 0.112. The van der Waals surface area contributed by atoms with Crippen LogP contribution in [0.3, 0.4) is 0 Å². The molecule has 2 rings (SSSR count). The Hall–Kier alpha value is -1.61. The number of hydrogen-bond acceptors (Lipinski definition) is 3. The second-order valence-electron chi connectivity index (χ2n) is 3.36. The summed E-state index contributed by atoms with van der Waals surface area (Å²) in [5.41, 5.74) is 2.66. The van der Waals surface area contributed by atoms with Crippen LogP contribution in [0, 0.1) is 0 Å². The molecule has 16 heavy (non-hydrogen) atoms. The topological polar surface area (TPSA) is 30.0 Å². The highest BCUT2D eigenvalue weighted by atomic mass is 32.2. The first-order valence-electron chi connectivity index (χ1n) is 4.88. The summed E-state index contributed by atoms with van der Waals surface area (Å²) >= 11 is 1.70. The summed E-state index contributed by atoms with van der Waals surface area (Å²) in [5.74, 6) is 0. The van der Waals surface area contributed by atoms with Gasteiger partial charge in [-0.25, -0.2) is 0 Å². The summed E-state index contributed by atoms with van der Waals surface area (Å²) in [6, 6.07) is 10.0. The van der Waals surface area contributed by atoms with Crippen LogP contribution in [-0.2, 0) is 0 Å². The maximum atomic E-state index is 10.7. The van der Waals surface area contributed by atoms with Crippen LogP contribution in [-0.4, -0.2) is 17.5 Å². The van der Waals surface area contributed by atoms with Gasteiger partial charge in [-0.3, -0.25) is 9.78 Å². The van der Waals surface area contributed by atoms with E-state index in [1.54, 1.807) is 24.2 Å². The molecule has 0 N–H and O–H groups in total. The van der Waals surface area contributed by atoms with Gasteiger partial charge in [0.15, 0.2) is 6.29 Å². The zero-order valence-corrected chi connectivity index (χ0v) is 9.70. The molecule has 2 aromatic rings. The van der Waals surface area contributed by atoms with Gasteiger partial charge in [-0.15, -0.1) is 11.8 Å². The van der Waals surface area contributed by atoms with E-state index in [1.165, 1.54) is 4.90 Å². The molecular weight excluding hydrogens is 218 g/mol. The fourth-order valence-corrected chi connectivity index (χ4v) is 1.94. The lowest BCUT2D eigenvalue weighted by Crippen LogP contribution is -1.85. The molecule has 3 heteroatoms. The molecule has 0 aliphatic carbocycles. The Morgan fingerprint density at radius 1 is 1.19 bits per heavy atom. The Balaban J connectivity index is 2.45. The lowest BCUT2D eigenvalue weighted by atomic mass is 10.1. The number of aldehydes is 1. The van der Waals surface area contributed by atoms with Gasteiger partial charge in [0, 0.05) is 28.4 Å². The predicted molar refractivity (Wildman–Crippen MR) is 66.8 cm³/mol. The van der Waals surface area contributed by atoms with Crippen LogP contribution in [0.25, 0.3) is 11.1 Å². The number of pyridine rings is 1. The molecule has 0 spiro atoms. The standard InChI is InChI=1S/C13H11NOS/c1-16-13-4-2-3-11(6-13)12-5-10(9-15)7-14-8-12/h2-9H,1H3. The highest BCUT2D eigenvalue weighted by molar-refractivity contribution is 7.98. The Labute approximate surface area is 98.7 Å². The first kappa shape index (κ1) is 10.9. The van der Waals surface area contributed by atoms with Gasteiger partial charge in [0.2, 0.25) is 0 Å². The molecule has 0 unspecified atom stereocenters. The van der Waals surface area contributed by atoms with E-state index in [0.717, 1.165) is 17.4 Å². The number of thioether (sulfide) groups is 1. The zero-order valence-electron chi connectivity index (χ0n) is 8.88. The summed E-state index contributed by atoms with van der Waals surface area (Å²) in [5, 5.41) is 0. The number of nitrogens with zero attached hydrogens (tertiary/aromatic N) is 1. The van der Waals surface area contributed by atoms with E-state index < -0.39 is 0 Å². The van der Waals surface area contributed by atoms with Crippen LogP contribution in [0.15, 0.2) is 47.6 Å². The summed E-state index contributed by atoms with van der Waals surface area (Å²) < 4.78 is 0. The van der Waals surface area contributed by atoms with Gasteiger partial charge >= 0.3 is 0 Å². The molecule has 0 aliphatic rings. The molecule has 80 valence electrons. The van der Waals surface area contributed by atoms with E-state index in [0.29, 0.717) is 5.56 Å². The van der Waals surface area contributed by atoms with Crippen molar-refractivity contribution in [2.24, 2.45) is 0 Å². The molecule has 0 bridgehead atoms. The van der Waals surface area contributed by atoms with Gasteiger partial charge in [-0.1, -0.05) is 12.1 Å². The first-order valence-corrected chi connectivity index (χ1v) is 6.10. The van der Waals surface area contributed by atoms with Crippen molar-refractivity contribution in [3.63, 3.8) is 0 Å². The van der Waals surface area contributed by atoms with Gasteiger partial charge < -0.3 is 0 Å². The average Bonchev–Trinajstić information content (AvgIpc) is 2.39. The molecular formula is C13H11NOS. The molecule has 2 nitrogen and oxygen atoms in total. The van der Waals surface area contributed by atoms with Crippen LogP contribution in [0.5, 0.6) is 0 Å². The van der Waals surface area contributed by atoms with Crippen molar-refractivity contribution >= 4 is 18.0 Å². The molecule has 0 radical (unpaired) electrons. The van der Waals surface area contributed by atoms with Gasteiger partial charge in [-0.2, -0.15) is 0 Å². The van der Waals surface area contributed by atoms with Gasteiger partial charge in [0.25, 0.3) is 0 Å². The molecule has 0 amide bonds. The fraction of sp³-hybridized carbons (Fsp3) is 0.0769. The summed E-state index contributed by atoms with van der Waals surface area (Å²) in [7, 11) is 0. The number of benzene rings is 1. The van der Waals surface area contributed by atoms with Crippen molar-refractivity contribution in [1.82, 2.24) is 4.98 Å². The van der Waals surface area contributed by atoms with Gasteiger partial charge in [0.05, 0.1) is 0 Å². The fourth-order valence-electron chi connectivity index (χ4n) is 1.48. The zero-order chi connectivity index (χ0) is 11.4. The van der Waals surface area contributed by atoms with E-state index in [2.05, 4.69) is 17.1 Å². The number of rotatable bonds is 3. The van der Waals surface area contributed by atoms with Crippen LogP contribution < -0.4 is 0 Å². The van der Waals surface area contributed by atoms with Crippen molar-refractivity contribution in [2.75, 3.05) is 6.26 Å². The minimum absolute atomic E-state index is 0.604. The summed E-state index contributed by atoms with van der Waals surface area (Å²) in [6.45, 7) is 0. The van der Waals surface area contributed by atoms with Crippen LogP contribution in [0.4, 0.5) is 0 Å². The monoisotopic (exact) mass is 229 g/mol. The lowest BCUT2D eigenvalue weighted by Gasteiger charge is -2.03. The van der Waals surface area contributed by atoms with Crippen molar-refractivity contribution in [3.05, 3.63) is 48.3 Å². The molecule has 0 saturated carbocycles. The number of carbonyl (C=O) groups excluding carboxylic acids is 1. The van der Waals surface area contributed by atoms with E-state index >= 15 is 0 Å². The van der Waals surface area contributed by atoms with Gasteiger partial charge in [0.1, 0.15) is 0 Å². The number of aromatic nitrogens is 1. The molecule has 1 heterocycles. The smallest absolute Gasteiger partial charge is 0.151 e. The van der Waals surface area contributed by atoms with E-state index in [-0.39, 0.29) is 0 Å². The third-order valence-electron chi connectivity index (χ3n) is 2.30.